The number of nitriles is 1. The summed E-state index contributed by atoms with van der Waals surface area (Å²) in [6, 6.07) is 11.3. The Bertz CT molecular complexity index is 976. The van der Waals surface area contributed by atoms with Gasteiger partial charge in [-0.15, -0.1) is 0 Å². The van der Waals surface area contributed by atoms with Crippen LogP contribution in [-0.4, -0.2) is 16.4 Å². The largest absolute Gasteiger partial charge is 0.349 e. The lowest BCUT2D eigenvalue weighted by atomic mass is 10.1. The van der Waals surface area contributed by atoms with Crippen molar-refractivity contribution >= 4 is 23.6 Å². The van der Waals surface area contributed by atoms with E-state index >= 15 is 0 Å². The van der Waals surface area contributed by atoms with Crippen LogP contribution in [0, 0.1) is 31.1 Å². The second-order valence-corrected chi connectivity index (χ2v) is 7.67. The number of rotatable bonds is 8. The number of benzene rings is 1. The normalized spacial score (nSPS) is 11.3. The third-order valence-corrected chi connectivity index (χ3v) is 4.92. The molecular formula is C24H30N4O2. The number of aryl methyl sites for hydroxylation is 1. The second-order valence-electron chi connectivity index (χ2n) is 7.67. The van der Waals surface area contributed by atoms with Gasteiger partial charge >= 0.3 is 0 Å². The third-order valence-electron chi connectivity index (χ3n) is 4.92. The standard InChI is InChI=1S/C24H30N4O2/c1-6-11-28-17(4)12-20(18(28)5)13-21(14-25)24(30)26-15-19-7-9-22(10-8-19)27-23(29)16(2)3/h7-10,12-13,16H,6,11,15H2,1-5H3,(H,26,30)(H,27,29)/b21-13+. The summed E-state index contributed by atoms with van der Waals surface area (Å²) in [6.45, 7) is 11.0. The topological polar surface area (TPSA) is 86.9 Å². The van der Waals surface area contributed by atoms with Crippen molar-refractivity contribution < 1.29 is 9.59 Å². The summed E-state index contributed by atoms with van der Waals surface area (Å²) in [5.41, 5.74) is 4.72. The molecule has 0 aliphatic carbocycles. The van der Waals surface area contributed by atoms with Crippen LogP contribution in [0.1, 0.15) is 49.7 Å². The Kier molecular flexibility index (Phi) is 7.99. The summed E-state index contributed by atoms with van der Waals surface area (Å²) in [5.74, 6) is -0.542. The average molecular weight is 407 g/mol. The molecule has 0 bridgehead atoms. The number of aromatic nitrogens is 1. The van der Waals surface area contributed by atoms with Gasteiger partial charge in [0.2, 0.25) is 5.91 Å². The van der Waals surface area contributed by atoms with E-state index in [9.17, 15) is 14.9 Å². The molecule has 2 amide bonds. The van der Waals surface area contributed by atoms with Crippen LogP contribution in [0.4, 0.5) is 5.69 Å². The van der Waals surface area contributed by atoms with Gasteiger partial charge < -0.3 is 15.2 Å². The van der Waals surface area contributed by atoms with Gasteiger partial charge in [0.05, 0.1) is 0 Å². The van der Waals surface area contributed by atoms with Gasteiger partial charge in [0.1, 0.15) is 11.6 Å². The smallest absolute Gasteiger partial charge is 0.262 e. The van der Waals surface area contributed by atoms with E-state index in [2.05, 4.69) is 22.1 Å². The molecule has 0 aliphatic rings. The van der Waals surface area contributed by atoms with E-state index in [1.165, 1.54) is 0 Å². The Morgan fingerprint density at radius 3 is 2.43 bits per heavy atom. The van der Waals surface area contributed by atoms with Gasteiger partial charge in [-0.1, -0.05) is 32.9 Å². The molecule has 0 unspecified atom stereocenters. The summed E-state index contributed by atoms with van der Waals surface area (Å²) in [6.07, 6.45) is 2.67. The van der Waals surface area contributed by atoms with Crippen LogP contribution in [0.3, 0.4) is 0 Å². The van der Waals surface area contributed by atoms with Gasteiger partial charge in [-0.3, -0.25) is 9.59 Å². The zero-order valence-electron chi connectivity index (χ0n) is 18.4. The first kappa shape index (κ1) is 23.0. The average Bonchev–Trinajstić information content (AvgIpc) is 2.98. The molecule has 0 saturated heterocycles. The molecule has 0 fully saturated rings. The predicted octanol–water partition coefficient (Wildman–Crippen LogP) is 4.33. The number of hydrogen-bond donors (Lipinski definition) is 2. The first-order valence-corrected chi connectivity index (χ1v) is 10.2. The fraction of sp³-hybridized carbons (Fsp3) is 0.375. The highest BCUT2D eigenvalue weighted by Gasteiger charge is 2.13. The number of amides is 2. The maximum Gasteiger partial charge on any atom is 0.262 e. The first-order chi connectivity index (χ1) is 14.3. The van der Waals surface area contributed by atoms with Crippen LogP contribution in [0.5, 0.6) is 0 Å². The van der Waals surface area contributed by atoms with Crippen molar-refractivity contribution in [2.45, 2.75) is 54.1 Å². The van der Waals surface area contributed by atoms with Crippen LogP contribution >= 0.6 is 0 Å². The Labute approximate surface area is 178 Å². The van der Waals surface area contributed by atoms with Crippen molar-refractivity contribution in [2.24, 2.45) is 5.92 Å². The summed E-state index contributed by atoms with van der Waals surface area (Å²) >= 11 is 0. The van der Waals surface area contributed by atoms with Gasteiger partial charge in [-0.05, 0) is 55.7 Å². The first-order valence-electron chi connectivity index (χ1n) is 10.2. The van der Waals surface area contributed by atoms with Gasteiger partial charge in [-0.2, -0.15) is 5.26 Å². The monoisotopic (exact) mass is 406 g/mol. The molecule has 0 saturated carbocycles. The molecule has 2 aromatic rings. The van der Waals surface area contributed by atoms with Crippen molar-refractivity contribution in [3.8, 4) is 6.07 Å². The zero-order valence-corrected chi connectivity index (χ0v) is 18.4. The predicted molar refractivity (Wildman–Crippen MR) is 120 cm³/mol. The van der Waals surface area contributed by atoms with Gasteiger partial charge in [0.15, 0.2) is 0 Å². The van der Waals surface area contributed by atoms with E-state index in [1.807, 2.05) is 52.0 Å². The number of anilines is 1. The van der Waals surface area contributed by atoms with Crippen molar-refractivity contribution in [2.75, 3.05) is 5.32 Å². The summed E-state index contributed by atoms with van der Waals surface area (Å²) in [7, 11) is 0. The van der Waals surface area contributed by atoms with Crippen LogP contribution in [0.15, 0.2) is 35.9 Å². The molecule has 0 aliphatic heterocycles. The number of hydrogen-bond acceptors (Lipinski definition) is 3. The molecule has 158 valence electrons. The maximum absolute atomic E-state index is 12.5. The van der Waals surface area contributed by atoms with Gasteiger partial charge in [-0.25, -0.2) is 0 Å². The van der Waals surface area contributed by atoms with E-state index in [0.29, 0.717) is 12.2 Å². The van der Waals surface area contributed by atoms with E-state index in [1.54, 1.807) is 18.2 Å². The Morgan fingerprint density at radius 2 is 1.87 bits per heavy atom. The van der Waals surface area contributed by atoms with Crippen molar-refractivity contribution in [3.63, 3.8) is 0 Å². The lowest BCUT2D eigenvalue weighted by Gasteiger charge is -2.09. The van der Waals surface area contributed by atoms with Crippen LogP contribution in [-0.2, 0) is 22.7 Å². The van der Waals surface area contributed by atoms with Gasteiger partial charge in [0, 0.05) is 36.1 Å². The molecule has 6 heteroatoms. The highest BCUT2D eigenvalue weighted by atomic mass is 16.2. The Morgan fingerprint density at radius 1 is 1.20 bits per heavy atom. The summed E-state index contributed by atoms with van der Waals surface area (Å²) in [4.78, 5) is 24.2. The SMILES string of the molecule is CCCn1c(C)cc(/C=C(\C#N)C(=O)NCc2ccc(NC(=O)C(C)C)cc2)c1C. The molecule has 0 radical (unpaired) electrons. The van der Waals surface area contributed by atoms with E-state index in [-0.39, 0.29) is 17.4 Å². The molecule has 1 heterocycles. The minimum Gasteiger partial charge on any atom is -0.349 e. The lowest BCUT2D eigenvalue weighted by molar-refractivity contribution is -0.119. The molecule has 2 rings (SSSR count). The van der Waals surface area contributed by atoms with Crippen LogP contribution in [0.2, 0.25) is 0 Å². The van der Waals surface area contributed by atoms with Crippen LogP contribution < -0.4 is 10.6 Å². The highest BCUT2D eigenvalue weighted by molar-refractivity contribution is 6.01. The third kappa shape index (κ3) is 5.84. The summed E-state index contributed by atoms with van der Waals surface area (Å²) < 4.78 is 2.19. The van der Waals surface area contributed by atoms with E-state index in [4.69, 9.17) is 0 Å². The second kappa shape index (κ2) is 10.4. The number of nitrogens with zero attached hydrogens (tertiary/aromatic N) is 2. The van der Waals surface area contributed by atoms with Crippen molar-refractivity contribution in [3.05, 3.63) is 58.4 Å². The molecule has 0 spiro atoms. The number of nitrogens with one attached hydrogen (secondary N) is 2. The molecule has 0 atom stereocenters. The van der Waals surface area contributed by atoms with Crippen molar-refractivity contribution in [1.29, 1.82) is 5.26 Å². The molecule has 1 aromatic heterocycles. The molecule has 30 heavy (non-hydrogen) atoms. The molecular weight excluding hydrogens is 376 g/mol. The van der Waals surface area contributed by atoms with Gasteiger partial charge in [0.25, 0.3) is 5.91 Å². The van der Waals surface area contributed by atoms with E-state index in [0.717, 1.165) is 35.5 Å². The quantitative estimate of drug-likeness (QED) is 0.505. The fourth-order valence-corrected chi connectivity index (χ4v) is 3.12. The Balaban J connectivity index is 2.04. The molecule has 2 N–H and O–H groups in total. The zero-order chi connectivity index (χ0) is 22.3. The summed E-state index contributed by atoms with van der Waals surface area (Å²) in [5, 5.41) is 15.1. The molecule has 6 nitrogen and oxygen atoms in total. The van der Waals surface area contributed by atoms with Crippen LogP contribution in [0.25, 0.3) is 6.08 Å². The highest BCUT2D eigenvalue weighted by Crippen LogP contribution is 2.19. The maximum atomic E-state index is 12.5. The lowest BCUT2D eigenvalue weighted by Crippen LogP contribution is -2.24. The Hall–Kier alpha value is -3.33. The minimum atomic E-state index is -0.407. The van der Waals surface area contributed by atoms with Crippen molar-refractivity contribution in [1.82, 2.24) is 9.88 Å². The number of carbonyl (C=O) groups is 2. The minimum absolute atomic E-state index is 0.0434. The molecule has 1 aromatic carbocycles. The fourth-order valence-electron chi connectivity index (χ4n) is 3.12. The number of carbonyl (C=O) groups excluding carboxylic acids is 2. The van der Waals surface area contributed by atoms with E-state index < -0.39 is 5.91 Å².